The van der Waals surface area contributed by atoms with E-state index in [2.05, 4.69) is 0 Å². The number of sulfonamides is 1. The summed E-state index contributed by atoms with van der Waals surface area (Å²) in [4.78, 5) is 10.0. The van der Waals surface area contributed by atoms with Crippen LogP contribution in [-0.2, 0) is 10.0 Å². The summed E-state index contributed by atoms with van der Waals surface area (Å²) in [6.07, 6.45) is -0.290. The largest absolute Gasteiger partial charge is 0.392 e. The van der Waals surface area contributed by atoms with Crippen LogP contribution in [-0.4, -0.2) is 41.9 Å². The number of aliphatic hydroxyl groups excluding tert-OH is 1. The van der Waals surface area contributed by atoms with Gasteiger partial charge in [-0.15, -0.1) is 0 Å². The number of non-ortho nitro benzene ring substituents is 1. The number of β-amino-alcohol motifs (C(OH)–C–C–N with tert-alkyl or cyclic N) is 1. The second-order valence-corrected chi connectivity index (χ2v) is 6.42. The quantitative estimate of drug-likeness (QED) is 0.649. The standard InChI is InChI=1S/C11H14N2O5S/c1-8-2-3-9(13(15)16)6-11(8)19(17,18)12-5-4-10(14)7-12/h2-3,6,10,14H,4-5,7H2,1H3/t10-/m1/s1. The molecule has 0 amide bonds. The summed E-state index contributed by atoms with van der Waals surface area (Å²) < 4.78 is 25.9. The highest BCUT2D eigenvalue weighted by Gasteiger charge is 2.33. The number of benzene rings is 1. The molecule has 1 fully saturated rings. The van der Waals surface area contributed by atoms with Gasteiger partial charge in [0.25, 0.3) is 5.69 Å². The minimum Gasteiger partial charge on any atom is -0.392 e. The third-order valence-corrected chi connectivity index (χ3v) is 5.13. The molecule has 7 nitrogen and oxygen atoms in total. The lowest BCUT2D eigenvalue weighted by atomic mass is 10.2. The summed E-state index contributed by atoms with van der Waals surface area (Å²) in [5.41, 5.74) is 0.191. The molecule has 1 N–H and O–H groups in total. The van der Waals surface area contributed by atoms with Gasteiger partial charge in [-0.1, -0.05) is 6.07 Å². The van der Waals surface area contributed by atoms with Crippen LogP contribution in [0.2, 0.25) is 0 Å². The molecule has 19 heavy (non-hydrogen) atoms. The maximum Gasteiger partial charge on any atom is 0.270 e. The van der Waals surface area contributed by atoms with Gasteiger partial charge < -0.3 is 5.11 Å². The number of nitro benzene ring substituents is 1. The Kier molecular flexibility index (Phi) is 3.57. The average Bonchev–Trinajstić information content (AvgIpc) is 2.76. The molecule has 104 valence electrons. The van der Waals surface area contributed by atoms with Crippen LogP contribution in [0.4, 0.5) is 5.69 Å². The molecule has 0 unspecified atom stereocenters. The van der Waals surface area contributed by atoms with Gasteiger partial charge in [0.05, 0.1) is 15.9 Å². The zero-order valence-electron chi connectivity index (χ0n) is 10.3. The molecule has 1 aromatic rings. The Labute approximate surface area is 110 Å². The van der Waals surface area contributed by atoms with Gasteiger partial charge in [0.1, 0.15) is 0 Å². The molecule has 1 aromatic carbocycles. The molecule has 8 heteroatoms. The zero-order valence-corrected chi connectivity index (χ0v) is 11.1. The molecule has 0 bridgehead atoms. The summed E-state index contributed by atoms with van der Waals surface area (Å²) >= 11 is 0. The highest BCUT2D eigenvalue weighted by atomic mass is 32.2. The number of hydrogen-bond acceptors (Lipinski definition) is 5. The second kappa shape index (κ2) is 4.87. The molecule has 0 aliphatic carbocycles. The number of aryl methyl sites for hydroxylation is 1. The summed E-state index contributed by atoms with van der Waals surface area (Å²) in [6.45, 7) is 1.85. The van der Waals surface area contributed by atoms with Crippen molar-refractivity contribution in [3.05, 3.63) is 33.9 Å². The van der Waals surface area contributed by atoms with E-state index in [1.165, 1.54) is 12.1 Å². The van der Waals surface area contributed by atoms with Crippen molar-refractivity contribution in [2.45, 2.75) is 24.3 Å². The van der Waals surface area contributed by atoms with Crippen molar-refractivity contribution in [2.75, 3.05) is 13.1 Å². The Morgan fingerprint density at radius 2 is 2.16 bits per heavy atom. The summed E-state index contributed by atoms with van der Waals surface area (Å²) in [6, 6.07) is 3.75. The van der Waals surface area contributed by atoms with Crippen molar-refractivity contribution < 1.29 is 18.4 Å². The van der Waals surface area contributed by atoms with Gasteiger partial charge in [0, 0.05) is 25.2 Å². The predicted molar refractivity (Wildman–Crippen MR) is 67.2 cm³/mol. The molecule has 1 aliphatic rings. The number of aliphatic hydroxyl groups is 1. The average molecular weight is 286 g/mol. The fourth-order valence-electron chi connectivity index (χ4n) is 2.05. The molecule has 2 rings (SSSR count). The van der Waals surface area contributed by atoms with Crippen LogP contribution in [0, 0.1) is 17.0 Å². The third-order valence-electron chi connectivity index (χ3n) is 3.13. The highest BCUT2D eigenvalue weighted by Crippen LogP contribution is 2.27. The fraction of sp³-hybridized carbons (Fsp3) is 0.455. The monoisotopic (exact) mass is 286 g/mol. The minimum atomic E-state index is -3.79. The van der Waals surface area contributed by atoms with Crippen LogP contribution in [0.5, 0.6) is 0 Å². The lowest BCUT2D eigenvalue weighted by Gasteiger charge is -2.17. The normalized spacial score (nSPS) is 20.6. The third kappa shape index (κ3) is 2.60. The molecule has 1 saturated heterocycles. The maximum absolute atomic E-state index is 12.4. The Morgan fingerprint density at radius 1 is 1.47 bits per heavy atom. The first-order chi connectivity index (χ1) is 8.82. The first-order valence-corrected chi connectivity index (χ1v) is 7.19. The van der Waals surface area contributed by atoms with E-state index in [-0.39, 0.29) is 23.7 Å². The van der Waals surface area contributed by atoms with Gasteiger partial charge in [0.2, 0.25) is 10.0 Å². The van der Waals surface area contributed by atoms with Gasteiger partial charge in [-0.25, -0.2) is 8.42 Å². The van der Waals surface area contributed by atoms with Crippen molar-refractivity contribution in [2.24, 2.45) is 0 Å². The van der Waals surface area contributed by atoms with Gasteiger partial charge in [-0.3, -0.25) is 10.1 Å². The van der Waals surface area contributed by atoms with E-state index in [0.29, 0.717) is 12.0 Å². The Hall–Kier alpha value is -1.51. The molecule has 0 spiro atoms. The molecule has 0 saturated carbocycles. The topological polar surface area (TPSA) is 101 Å². The molecule has 0 aromatic heterocycles. The lowest BCUT2D eigenvalue weighted by molar-refractivity contribution is -0.385. The SMILES string of the molecule is Cc1ccc([N+](=O)[O-])cc1S(=O)(=O)N1CC[C@@H](O)C1. The lowest BCUT2D eigenvalue weighted by Crippen LogP contribution is -2.30. The molecular formula is C11H14N2O5S. The molecule has 1 heterocycles. The number of nitro groups is 1. The zero-order chi connectivity index (χ0) is 14.2. The van der Waals surface area contributed by atoms with Crippen molar-refractivity contribution in [1.82, 2.24) is 4.31 Å². The first-order valence-electron chi connectivity index (χ1n) is 5.75. The molecular weight excluding hydrogens is 272 g/mol. The fourth-order valence-corrected chi connectivity index (χ4v) is 3.79. The van der Waals surface area contributed by atoms with Crippen molar-refractivity contribution in [3.63, 3.8) is 0 Å². The van der Waals surface area contributed by atoms with Gasteiger partial charge >= 0.3 is 0 Å². The smallest absolute Gasteiger partial charge is 0.270 e. The Bertz CT molecular complexity index is 614. The van der Waals surface area contributed by atoms with Crippen molar-refractivity contribution >= 4 is 15.7 Å². The molecule has 1 aliphatic heterocycles. The van der Waals surface area contributed by atoms with E-state index in [1.54, 1.807) is 6.92 Å². The summed E-state index contributed by atoms with van der Waals surface area (Å²) in [5.74, 6) is 0. The van der Waals surface area contributed by atoms with E-state index in [9.17, 15) is 23.6 Å². The van der Waals surface area contributed by atoms with Crippen LogP contribution >= 0.6 is 0 Å². The van der Waals surface area contributed by atoms with Crippen LogP contribution in [0.3, 0.4) is 0 Å². The van der Waals surface area contributed by atoms with Crippen LogP contribution in [0.15, 0.2) is 23.1 Å². The minimum absolute atomic E-state index is 0.0322. The van der Waals surface area contributed by atoms with Crippen LogP contribution in [0.1, 0.15) is 12.0 Å². The number of rotatable bonds is 3. The van der Waals surface area contributed by atoms with Crippen molar-refractivity contribution in [3.8, 4) is 0 Å². The second-order valence-electron chi connectivity index (χ2n) is 4.51. The first kappa shape index (κ1) is 13.9. The van der Waals surface area contributed by atoms with Crippen molar-refractivity contribution in [1.29, 1.82) is 0 Å². The van der Waals surface area contributed by atoms with E-state index < -0.39 is 21.1 Å². The van der Waals surface area contributed by atoms with Crippen LogP contribution < -0.4 is 0 Å². The van der Waals surface area contributed by atoms with Gasteiger partial charge in [-0.05, 0) is 18.9 Å². The number of nitrogens with zero attached hydrogens (tertiary/aromatic N) is 2. The van der Waals surface area contributed by atoms with Gasteiger partial charge in [-0.2, -0.15) is 4.31 Å². The number of hydrogen-bond donors (Lipinski definition) is 1. The van der Waals surface area contributed by atoms with E-state index in [0.717, 1.165) is 10.4 Å². The molecule has 0 radical (unpaired) electrons. The van der Waals surface area contributed by atoms with E-state index in [1.807, 2.05) is 0 Å². The van der Waals surface area contributed by atoms with Crippen LogP contribution in [0.25, 0.3) is 0 Å². The highest BCUT2D eigenvalue weighted by molar-refractivity contribution is 7.89. The Morgan fingerprint density at radius 3 is 2.68 bits per heavy atom. The maximum atomic E-state index is 12.4. The van der Waals surface area contributed by atoms with E-state index >= 15 is 0 Å². The van der Waals surface area contributed by atoms with Gasteiger partial charge in [0.15, 0.2) is 0 Å². The van der Waals surface area contributed by atoms with E-state index in [4.69, 9.17) is 0 Å². The summed E-state index contributed by atoms with van der Waals surface area (Å²) in [5, 5.41) is 20.1. The molecule has 1 atom stereocenters. The predicted octanol–water partition coefficient (Wildman–Crippen LogP) is 0.659. The summed E-state index contributed by atoms with van der Waals surface area (Å²) in [7, 11) is -3.79. The Balaban J connectivity index is 2.45.